The molecule has 1 aromatic rings. The summed E-state index contributed by atoms with van der Waals surface area (Å²) in [6.07, 6.45) is -0.414. The number of anilines is 1. The molecule has 1 amide bonds. The standard InChI is InChI=1S/C15H21FN2O3/c1-11(20-2)15(19)18-8-6-17(7-9-18)12-4-5-13(16)14(10-12)21-3/h4-5,10-11H,6-9H2,1-3H3/t11-/m0/s1. The lowest BCUT2D eigenvalue weighted by molar-refractivity contribution is -0.141. The second-order valence-corrected chi connectivity index (χ2v) is 5.01. The van der Waals surface area contributed by atoms with E-state index in [0.717, 1.165) is 5.69 Å². The number of piperazine rings is 1. The smallest absolute Gasteiger partial charge is 0.251 e. The fourth-order valence-corrected chi connectivity index (χ4v) is 2.39. The van der Waals surface area contributed by atoms with Crippen LogP contribution in [0.5, 0.6) is 5.75 Å². The van der Waals surface area contributed by atoms with Crippen molar-refractivity contribution in [3.05, 3.63) is 24.0 Å². The zero-order chi connectivity index (χ0) is 15.4. The zero-order valence-electron chi connectivity index (χ0n) is 12.6. The van der Waals surface area contributed by atoms with Crippen molar-refractivity contribution in [1.82, 2.24) is 4.90 Å². The van der Waals surface area contributed by atoms with Gasteiger partial charge >= 0.3 is 0 Å². The van der Waals surface area contributed by atoms with Gasteiger partial charge in [-0.2, -0.15) is 0 Å². The Morgan fingerprint density at radius 3 is 2.48 bits per heavy atom. The van der Waals surface area contributed by atoms with E-state index in [1.54, 1.807) is 24.0 Å². The summed E-state index contributed by atoms with van der Waals surface area (Å²) in [4.78, 5) is 15.9. The third-order valence-electron chi connectivity index (χ3n) is 3.79. The minimum atomic E-state index is -0.414. The fourth-order valence-electron chi connectivity index (χ4n) is 2.39. The molecular weight excluding hydrogens is 275 g/mol. The molecule has 1 aliphatic rings. The van der Waals surface area contributed by atoms with Crippen LogP contribution in [0.1, 0.15) is 6.92 Å². The summed E-state index contributed by atoms with van der Waals surface area (Å²) in [5.41, 5.74) is 0.903. The lowest BCUT2D eigenvalue weighted by atomic mass is 10.2. The third-order valence-corrected chi connectivity index (χ3v) is 3.79. The number of methoxy groups -OCH3 is 2. The average Bonchev–Trinajstić information content (AvgIpc) is 2.54. The molecule has 0 unspecified atom stereocenters. The minimum absolute atomic E-state index is 0.00818. The molecule has 1 fully saturated rings. The molecule has 116 valence electrons. The molecule has 0 radical (unpaired) electrons. The van der Waals surface area contributed by atoms with Gasteiger partial charge in [0.05, 0.1) is 7.11 Å². The van der Waals surface area contributed by atoms with Crippen LogP contribution in [0.4, 0.5) is 10.1 Å². The Morgan fingerprint density at radius 1 is 1.24 bits per heavy atom. The van der Waals surface area contributed by atoms with Gasteiger partial charge in [0, 0.05) is 45.0 Å². The van der Waals surface area contributed by atoms with Gasteiger partial charge in [0.15, 0.2) is 11.6 Å². The van der Waals surface area contributed by atoms with Crippen molar-refractivity contribution in [3.63, 3.8) is 0 Å². The van der Waals surface area contributed by atoms with Crippen LogP contribution in [0.25, 0.3) is 0 Å². The van der Waals surface area contributed by atoms with Gasteiger partial charge in [0.1, 0.15) is 6.10 Å². The number of amides is 1. The SMILES string of the molecule is COc1cc(N2CCN(C(=O)[C@H](C)OC)CC2)ccc1F. The number of benzene rings is 1. The Labute approximate surface area is 124 Å². The molecule has 0 spiro atoms. The second kappa shape index (κ2) is 6.76. The van der Waals surface area contributed by atoms with Gasteiger partial charge in [0.2, 0.25) is 0 Å². The summed E-state index contributed by atoms with van der Waals surface area (Å²) < 4.78 is 23.5. The maximum Gasteiger partial charge on any atom is 0.251 e. The molecule has 0 saturated carbocycles. The van der Waals surface area contributed by atoms with Crippen LogP contribution in [-0.4, -0.2) is 57.3 Å². The molecule has 1 heterocycles. The fraction of sp³-hybridized carbons (Fsp3) is 0.533. The van der Waals surface area contributed by atoms with E-state index in [4.69, 9.17) is 9.47 Å². The molecule has 6 heteroatoms. The third kappa shape index (κ3) is 3.44. The first kappa shape index (κ1) is 15.6. The van der Waals surface area contributed by atoms with Crippen LogP contribution in [0.3, 0.4) is 0 Å². The highest BCUT2D eigenvalue weighted by molar-refractivity contribution is 5.80. The van der Waals surface area contributed by atoms with Gasteiger partial charge in [-0.1, -0.05) is 0 Å². The van der Waals surface area contributed by atoms with E-state index < -0.39 is 6.10 Å². The molecule has 1 atom stereocenters. The van der Waals surface area contributed by atoms with E-state index >= 15 is 0 Å². The molecule has 0 aromatic heterocycles. The van der Waals surface area contributed by atoms with Crippen molar-refractivity contribution in [2.75, 3.05) is 45.3 Å². The summed E-state index contributed by atoms with van der Waals surface area (Å²) in [5.74, 6) is -0.128. The number of hydrogen-bond donors (Lipinski definition) is 0. The average molecular weight is 296 g/mol. The van der Waals surface area contributed by atoms with E-state index in [9.17, 15) is 9.18 Å². The van der Waals surface area contributed by atoms with Gasteiger partial charge < -0.3 is 19.3 Å². The van der Waals surface area contributed by atoms with E-state index in [-0.39, 0.29) is 17.5 Å². The molecule has 2 rings (SSSR count). The Bertz CT molecular complexity index is 502. The van der Waals surface area contributed by atoms with E-state index in [0.29, 0.717) is 26.2 Å². The van der Waals surface area contributed by atoms with Crippen molar-refractivity contribution in [2.24, 2.45) is 0 Å². The van der Waals surface area contributed by atoms with Crippen molar-refractivity contribution in [3.8, 4) is 5.75 Å². The van der Waals surface area contributed by atoms with Gasteiger partial charge in [-0.3, -0.25) is 4.79 Å². The molecule has 0 bridgehead atoms. The van der Waals surface area contributed by atoms with Gasteiger partial charge in [-0.25, -0.2) is 4.39 Å². The molecular formula is C15H21FN2O3. The largest absolute Gasteiger partial charge is 0.494 e. The first-order valence-corrected chi connectivity index (χ1v) is 6.97. The highest BCUT2D eigenvalue weighted by atomic mass is 19.1. The van der Waals surface area contributed by atoms with E-state index in [2.05, 4.69) is 4.90 Å². The van der Waals surface area contributed by atoms with Crippen molar-refractivity contribution < 1.29 is 18.7 Å². The molecule has 5 nitrogen and oxygen atoms in total. The summed E-state index contributed by atoms with van der Waals surface area (Å²) in [7, 11) is 2.98. The van der Waals surface area contributed by atoms with E-state index in [1.807, 2.05) is 0 Å². The summed E-state index contributed by atoms with van der Waals surface area (Å²) in [6, 6.07) is 4.82. The molecule has 0 N–H and O–H groups in total. The number of nitrogens with zero attached hydrogens (tertiary/aromatic N) is 2. The maximum absolute atomic E-state index is 13.4. The highest BCUT2D eigenvalue weighted by Gasteiger charge is 2.25. The van der Waals surface area contributed by atoms with Crippen LogP contribution in [0.2, 0.25) is 0 Å². The van der Waals surface area contributed by atoms with Gasteiger partial charge in [0.25, 0.3) is 5.91 Å². The number of carbonyl (C=O) groups excluding carboxylic acids is 1. The predicted molar refractivity (Wildman–Crippen MR) is 78.2 cm³/mol. The summed E-state index contributed by atoms with van der Waals surface area (Å²) >= 11 is 0. The monoisotopic (exact) mass is 296 g/mol. The normalized spacial score (nSPS) is 16.8. The number of carbonyl (C=O) groups is 1. The Kier molecular flexibility index (Phi) is 5.01. The van der Waals surface area contributed by atoms with Crippen molar-refractivity contribution in [2.45, 2.75) is 13.0 Å². The predicted octanol–water partition coefficient (Wildman–Crippen LogP) is 1.52. The maximum atomic E-state index is 13.4. The molecule has 1 aliphatic heterocycles. The van der Waals surface area contributed by atoms with E-state index in [1.165, 1.54) is 20.3 Å². The van der Waals surface area contributed by atoms with Gasteiger partial charge in [-0.15, -0.1) is 0 Å². The lowest BCUT2D eigenvalue weighted by Crippen LogP contribution is -2.51. The number of hydrogen-bond acceptors (Lipinski definition) is 4. The Morgan fingerprint density at radius 2 is 1.90 bits per heavy atom. The Balaban J connectivity index is 1.99. The quantitative estimate of drug-likeness (QED) is 0.845. The van der Waals surface area contributed by atoms with Crippen molar-refractivity contribution in [1.29, 1.82) is 0 Å². The zero-order valence-corrected chi connectivity index (χ0v) is 12.6. The minimum Gasteiger partial charge on any atom is -0.494 e. The number of halogens is 1. The molecule has 0 aliphatic carbocycles. The number of rotatable bonds is 4. The lowest BCUT2D eigenvalue weighted by Gasteiger charge is -2.37. The van der Waals surface area contributed by atoms with Crippen LogP contribution in [0.15, 0.2) is 18.2 Å². The summed E-state index contributed by atoms with van der Waals surface area (Å²) in [6.45, 7) is 4.42. The van der Waals surface area contributed by atoms with Crippen LogP contribution < -0.4 is 9.64 Å². The topological polar surface area (TPSA) is 42.0 Å². The van der Waals surface area contributed by atoms with Crippen LogP contribution >= 0.6 is 0 Å². The van der Waals surface area contributed by atoms with Crippen LogP contribution in [0, 0.1) is 5.82 Å². The molecule has 1 aromatic carbocycles. The first-order chi connectivity index (χ1) is 10.1. The van der Waals surface area contributed by atoms with Gasteiger partial charge in [-0.05, 0) is 19.1 Å². The number of ether oxygens (including phenoxy) is 2. The summed E-state index contributed by atoms with van der Waals surface area (Å²) in [5, 5.41) is 0. The second-order valence-electron chi connectivity index (χ2n) is 5.01. The Hall–Kier alpha value is -1.82. The van der Waals surface area contributed by atoms with Crippen molar-refractivity contribution >= 4 is 11.6 Å². The molecule has 21 heavy (non-hydrogen) atoms. The molecule has 1 saturated heterocycles. The van der Waals surface area contributed by atoms with Crippen LogP contribution in [-0.2, 0) is 9.53 Å². The highest BCUT2D eigenvalue weighted by Crippen LogP contribution is 2.25. The first-order valence-electron chi connectivity index (χ1n) is 6.97.